The van der Waals surface area contributed by atoms with E-state index in [4.69, 9.17) is 4.74 Å². The SMILES string of the molecule is COc1cccc(/C=N\NC(=O)CN(CCc2ccccc2)S(=O)(=O)c2ccc(NC(C)=O)cc2)c1. The van der Waals surface area contributed by atoms with Crippen LogP contribution < -0.4 is 15.5 Å². The van der Waals surface area contributed by atoms with Crippen LogP contribution in [0.25, 0.3) is 0 Å². The fourth-order valence-corrected chi connectivity index (χ4v) is 4.74. The van der Waals surface area contributed by atoms with Gasteiger partial charge in [0.25, 0.3) is 5.91 Å². The summed E-state index contributed by atoms with van der Waals surface area (Å²) >= 11 is 0. The fraction of sp³-hybridized carbons (Fsp3) is 0.192. The minimum Gasteiger partial charge on any atom is -0.497 e. The Morgan fingerprint density at radius 3 is 2.39 bits per heavy atom. The number of hydrogen-bond acceptors (Lipinski definition) is 6. The maximum Gasteiger partial charge on any atom is 0.255 e. The van der Waals surface area contributed by atoms with E-state index < -0.39 is 22.5 Å². The number of carbonyl (C=O) groups is 2. The molecule has 0 saturated heterocycles. The van der Waals surface area contributed by atoms with E-state index in [1.165, 1.54) is 37.4 Å². The van der Waals surface area contributed by atoms with Crippen molar-refractivity contribution in [2.45, 2.75) is 18.2 Å². The molecule has 3 aromatic carbocycles. The molecule has 0 atom stereocenters. The molecule has 188 valence electrons. The van der Waals surface area contributed by atoms with Gasteiger partial charge in [-0.15, -0.1) is 0 Å². The van der Waals surface area contributed by atoms with Crippen LogP contribution in [0.5, 0.6) is 5.75 Å². The Hall–Kier alpha value is -4.02. The minimum atomic E-state index is -4.01. The summed E-state index contributed by atoms with van der Waals surface area (Å²) in [5.41, 5.74) is 4.51. The Kier molecular flexibility index (Phi) is 9.32. The van der Waals surface area contributed by atoms with Crippen LogP contribution in [-0.4, -0.2) is 51.0 Å². The van der Waals surface area contributed by atoms with E-state index in [0.29, 0.717) is 23.4 Å². The van der Waals surface area contributed by atoms with Gasteiger partial charge in [0.1, 0.15) is 5.75 Å². The second kappa shape index (κ2) is 12.6. The Bertz CT molecular complexity index is 1310. The van der Waals surface area contributed by atoms with Gasteiger partial charge in [0, 0.05) is 19.2 Å². The summed E-state index contributed by atoms with van der Waals surface area (Å²) in [4.78, 5) is 23.9. The predicted molar refractivity (Wildman–Crippen MR) is 138 cm³/mol. The number of hydrogen-bond donors (Lipinski definition) is 2. The molecular formula is C26H28N4O5S. The molecule has 2 N–H and O–H groups in total. The molecule has 9 nitrogen and oxygen atoms in total. The topological polar surface area (TPSA) is 117 Å². The van der Waals surface area contributed by atoms with Crippen molar-refractivity contribution in [1.82, 2.24) is 9.73 Å². The average Bonchev–Trinajstić information content (AvgIpc) is 2.87. The maximum absolute atomic E-state index is 13.4. The first-order valence-electron chi connectivity index (χ1n) is 11.2. The molecule has 0 unspecified atom stereocenters. The van der Waals surface area contributed by atoms with Gasteiger partial charge in [0.05, 0.1) is 24.8 Å². The number of benzene rings is 3. The molecule has 0 aromatic heterocycles. The lowest BCUT2D eigenvalue weighted by Crippen LogP contribution is -2.40. The molecule has 0 heterocycles. The summed E-state index contributed by atoms with van der Waals surface area (Å²) in [6.45, 7) is 1.04. The smallest absolute Gasteiger partial charge is 0.255 e. The van der Waals surface area contributed by atoms with E-state index in [1.54, 1.807) is 31.4 Å². The molecule has 0 aliphatic rings. The lowest BCUT2D eigenvalue weighted by atomic mass is 10.1. The first-order chi connectivity index (χ1) is 17.3. The van der Waals surface area contributed by atoms with E-state index in [2.05, 4.69) is 15.8 Å². The van der Waals surface area contributed by atoms with Crippen LogP contribution >= 0.6 is 0 Å². The van der Waals surface area contributed by atoms with Crippen molar-refractivity contribution in [3.8, 4) is 5.75 Å². The third-order valence-electron chi connectivity index (χ3n) is 5.12. The number of anilines is 1. The van der Waals surface area contributed by atoms with Crippen LogP contribution in [-0.2, 0) is 26.0 Å². The standard InChI is InChI=1S/C26H28N4O5S/c1-20(31)28-23-11-13-25(14-12-23)36(33,34)30(16-15-21-7-4-3-5-8-21)19-26(32)29-27-18-22-9-6-10-24(17-22)35-2/h3-14,17-18H,15-16,19H2,1-2H3,(H,28,31)(H,29,32)/b27-18-. The van der Waals surface area contributed by atoms with Crippen molar-refractivity contribution in [3.63, 3.8) is 0 Å². The monoisotopic (exact) mass is 508 g/mol. The molecule has 0 aliphatic heterocycles. The maximum atomic E-state index is 13.4. The second-order valence-electron chi connectivity index (χ2n) is 7.85. The van der Waals surface area contributed by atoms with Crippen LogP contribution in [0.1, 0.15) is 18.1 Å². The molecule has 3 rings (SSSR count). The van der Waals surface area contributed by atoms with E-state index in [-0.39, 0.29) is 17.3 Å². The summed E-state index contributed by atoms with van der Waals surface area (Å²) in [5.74, 6) is -0.199. The number of nitrogens with one attached hydrogen (secondary N) is 2. The molecule has 0 radical (unpaired) electrons. The van der Waals surface area contributed by atoms with E-state index >= 15 is 0 Å². The summed E-state index contributed by atoms with van der Waals surface area (Å²) < 4.78 is 33.1. The second-order valence-corrected chi connectivity index (χ2v) is 9.79. The highest BCUT2D eigenvalue weighted by Gasteiger charge is 2.26. The van der Waals surface area contributed by atoms with Gasteiger partial charge in [0.2, 0.25) is 15.9 Å². The quantitative estimate of drug-likeness (QED) is 0.305. The Labute approximate surface area is 210 Å². The third kappa shape index (κ3) is 7.76. The van der Waals surface area contributed by atoms with Crippen LogP contribution in [0.2, 0.25) is 0 Å². The largest absolute Gasteiger partial charge is 0.497 e. The van der Waals surface area contributed by atoms with Gasteiger partial charge >= 0.3 is 0 Å². The van der Waals surface area contributed by atoms with Crippen molar-refractivity contribution in [1.29, 1.82) is 0 Å². The van der Waals surface area contributed by atoms with Crippen molar-refractivity contribution >= 4 is 33.7 Å². The molecule has 0 fully saturated rings. The van der Waals surface area contributed by atoms with Crippen LogP contribution in [0.4, 0.5) is 5.69 Å². The Balaban J connectivity index is 1.75. The number of methoxy groups -OCH3 is 1. The number of carbonyl (C=O) groups excluding carboxylic acids is 2. The number of ether oxygens (including phenoxy) is 1. The molecular weight excluding hydrogens is 480 g/mol. The number of hydrazone groups is 1. The van der Waals surface area contributed by atoms with Crippen molar-refractivity contribution in [2.24, 2.45) is 5.10 Å². The average molecular weight is 509 g/mol. The molecule has 0 spiro atoms. The Morgan fingerprint density at radius 1 is 1.00 bits per heavy atom. The highest BCUT2D eigenvalue weighted by molar-refractivity contribution is 7.89. The van der Waals surface area contributed by atoms with Crippen LogP contribution in [0.3, 0.4) is 0 Å². The number of amides is 2. The lowest BCUT2D eigenvalue weighted by Gasteiger charge is -2.21. The highest BCUT2D eigenvalue weighted by atomic mass is 32.2. The summed E-state index contributed by atoms with van der Waals surface area (Å²) in [6.07, 6.45) is 1.87. The summed E-state index contributed by atoms with van der Waals surface area (Å²) in [5, 5.41) is 6.54. The number of rotatable bonds is 11. The normalized spacial score (nSPS) is 11.4. The molecule has 0 bridgehead atoms. The predicted octanol–water partition coefficient (Wildman–Crippen LogP) is 3.04. The van der Waals surface area contributed by atoms with E-state index in [0.717, 1.165) is 9.87 Å². The zero-order valence-corrected chi connectivity index (χ0v) is 20.9. The van der Waals surface area contributed by atoms with Gasteiger partial charge < -0.3 is 10.1 Å². The molecule has 36 heavy (non-hydrogen) atoms. The molecule has 10 heteroatoms. The van der Waals surface area contributed by atoms with Gasteiger partial charge in [-0.05, 0) is 53.9 Å². The van der Waals surface area contributed by atoms with Gasteiger partial charge in [-0.3, -0.25) is 9.59 Å². The van der Waals surface area contributed by atoms with Gasteiger partial charge in [-0.25, -0.2) is 13.8 Å². The van der Waals surface area contributed by atoms with Gasteiger partial charge in [-0.1, -0.05) is 42.5 Å². The molecule has 0 aliphatic carbocycles. The minimum absolute atomic E-state index is 0.0114. The summed E-state index contributed by atoms with van der Waals surface area (Å²) in [6, 6.07) is 22.3. The number of sulfonamides is 1. The Morgan fingerprint density at radius 2 is 1.72 bits per heavy atom. The molecule has 0 saturated carbocycles. The zero-order valence-electron chi connectivity index (χ0n) is 20.0. The summed E-state index contributed by atoms with van der Waals surface area (Å²) in [7, 11) is -2.45. The van der Waals surface area contributed by atoms with Crippen molar-refractivity contribution in [3.05, 3.63) is 90.0 Å². The van der Waals surface area contributed by atoms with E-state index in [9.17, 15) is 18.0 Å². The van der Waals surface area contributed by atoms with Crippen molar-refractivity contribution in [2.75, 3.05) is 25.5 Å². The van der Waals surface area contributed by atoms with Gasteiger partial charge in [-0.2, -0.15) is 9.41 Å². The third-order valence-corrected chi connectivity index (χ3v) is 6.98. The fourth-order valence-electron chi connectivity index (χ4n) is 3.34. The molecule has 2 amide bonds. The van der Waals surface area contributed by atoms with Crippen molar-refractivity contribution < 1.29 is 22.7 Å². The molecule has 3 aromatic rings. The van der Waals surface area contributed by atoms with Crippen LogP contribution in [0, 0.1) is 0 Å². The highest BCUT2D eigenvalue weighted by Crippen LogP contribution is 2.19. The van der Waals surface area contributed by atoms with E-state index in [1.807, 2.05) is 30.3 Å². The first kappa shape index (κ1) is 26.6. The van der Waals surface area contributed by atoms with Gasteiger partial charge in [0.15, 0.2) is 0 Å². The van der Waals surface area contributed by atoms with Crippen LogP contribution in [0.15, 0.2) is 88.9 Å². The first-order valence-corrected chi connectivity index (χ1v) is 12.6. The zero-order chi connectivity index (χ0) is 26.0. The number of nitrogens with zero attached hydrogens (tertiary/aromatic N) is 2. The lowest BCUT2D eigenvalue weighted by molar-refractivity contribution is -0.121.